The summed E-state index contributed by atoms with van der Waals surface area (Å²) < 4.78 is 1.00. The van der Waals surface area contributed by atoms with Crippen molar-refractivity contribution in [3.8, 4) is 6.07 Å². The predicted octanol–water partition coefficient (Wildman–Crippen LogP) is 3.44. The Morgan fingerprint density at radius 3 is 3.11 bits per heavy atom. The molecular formula is C13H10BrN3S. The third-order valence-corrected chi connectivity index (χ3v) is 4.77. The first-order valence-electron chi connectivity index (χ1n) is 5.63. The number of hydrogen-bond acceptors (Lipinski definition) is 4. The van der Waals surface area contributed by atoms with Gasteiger partial charge < -0.3 is 5.73 Å². The maximum absolute atomic E-state index is 9.22. The molecule has 0 bridgehead atoms. The number of rotatable bonds is 1. The summed E-state index contributed by atoms with van der Waals surface area (Å²) in [5.41, 5.74) is 8.68. The molecule has 90 valence electrons. The van der Waals surface area contributed by atoms with E-state index in [1.165, 1.54) is 4.88 Å². The summed E-state index contributed by atoms with van der Waals surface area (Å²) in [6, 6.07) is 8.07. The van der Waals surface area contributed by atoms with Crippen LogP contribution in [0.25, 0.3) is 0 Å². The summed E-state index contributed by atoms with van der Waals surface area (Å²) in [5.74, 6) is 0.266. The second-order valence-corrected chi connectivity index (χ2v) is 6.28. The minimum Gasteiger partial charge on any atom is -0.375 e. The molecule has 3 rings (SSSR count). The molecule has 0 saturated carbocycles. The zero-order chi connectivity index (χ0) is 12.7. The lowest BCUT2D eigenvalue weighted by Gasteiger charge is -2.12. The minimum absolute atomic E-state index is 0.266. The highest BCUT2D eigenvalue weighted by Gasteiger charge is 2.29. The quantitative estimate of drug-likeness (QED) is 0.875. The van der Waals surface area contributed by atoms with Crippen molar-refractivity contribution in [1.29, 1.82) is 5.26 Å². The SMILES string of the molecule is N#Cc1ccc(Br)cc1C1CCc2nc(N)sc21. The van der Waals surface area contributed by atoms with E-state index in [0.29, 0.717) is 5.13 Å². The fourth-order valence-corrected chi connectivity index (χ4v) is 3.88. The molecule has 1 unspecified atom stereocenters. The zero-order valence-corrected chi connectivity index (χ0v) is 11.9. The number of nitrogens with zero attached hydrogens (tertiary/aromatic N) is 2. The molecule has 0 aliphatic heterocycles. The minimum atomic E-state index is 0.266. The third kappa shape index (κ3) is 1.82. The van der Waals surface area contributed by atoms with Gasteiger partial charge in [-0.05, 0) is 36.6 Å². The molecule has 18 heavy (non-hydrogen) atoms. The molecule has 0 amide bonds. The third-order valence-electron chi connectivity index (χ3n) is 3.24. The smallest absolute Gasteiger partial charge is 0.180 e. The van der Waals surface area contributed by atoms with E-state index in [4.69, 9.17) is 5.73 Å². The molecule has 0 spiro atoms. The van der Waals surface area contributed by atoms with Crippen LogP contribution in [0.4, 0.5) is 5.13 Å². The average Bonchev–Trinajstić information content (AvgIpc) is 2.87. The number of aryl methyl sites for hydroxylation is 1. The van der Waals surface area contributed by atoms with E-state index < -0.39 is 0 Å². The van der Waals surface area contributed by atoms with Gasteiger partial charge in [0.05, 0.1) is 17.3 Å². The van der Waals surface area contributed by atoms with Gasteiger partial charge in [-0.1, -0.05) is 15.9 Å². The first-order valence-corrected chi connectivity index (χ1v) is 7.24. The normalized spacial score (nSPS) is 17.4. The van der Waals surface area contributed by atoms with Gasteiger partial charge in [0, 0.05) is 15.3 Å². The fraction of sp³-hybridized carbons (Fsp3) is 0.231. The van der Waals surface area contributed by atoms with Gasteiger partial charge in [0.15, 0.2) is 5.13 Å². The monoisotopic (exact) mass is 319 g/mol. The molecule has 2 N–H and O–H groups in total. The van der Waals surface area contributed by atoms with Gasteiger partial charge in [-0.25, -0.2) is 4.98 Å². The van der Waals surface area contributed by atoms with E-state index in [9.17, 15) is 5.26 Å². The Morgan fingerprint density at radius 1 is 1.50 bits per heavy atom. The summed E-state index contributed by atoms with van der Waals surface area (Å²) in [7, 11) is 0. The number of halogens is 1. The number of nitrogen functional groups attached to an aromatic ring is 1. The van der Waals surface area contributed by atoms with Gasteiger partial charge >= 0.3 is 0 Å². The van der Waals surface area contributed by atoms with Crippen molar-refractivity contribution < 1.29 is 0 Å². The summed E-state index contributed by atoms with van der Waals surface area (Å²) in [6.07, 6.45) is 1.96. The van der Waals surface area contributed by atoms with Crippen LogP contribution >= 0.6 is 27.3 Å². The first kappa shape index (κ1) is 11.7. The Labute approximate surface area is 117 Å². The fourth-order valence-electron chi connectivity index (χ4n) is 2.47. The average molecular weight is 320 g/mol. The molecule has 1 heterocycles. The summed E-state index contributed by atoms with van der Waals surface area (Å²) in [5, 5.41) is 9.84. The Hall–Kier alpha value is -1.38. The van der Waals surface area contributed by atoms with Crippen LogP contribution in [0.5, 0.6) is 0 Å². The van der Waals surface area contributed by atoms with E-state index >= 15 is 0 Å². The first-order chi connectivity index (χ1) is 8.69. The number of benzene rings is 1. The topological polar surface area (TPSA) is 62.7 Å². The molecule has 1 atom stereocenters. The molecule has 1 aromatic carbocycles. The van der Waals surface area contributed by atoms with Gasteiger partial charge in [-0.15, -0.1) is 11.3 Å². The highest BCUT2D eigenvalue weighted by atomic mass is 79.9. The summed E-state index contributed by atoms with van der Waals surface area (Å²) in [6.45, 7) is 0. The molecule has 0 radical (unpaired) electrons. The molecule has 1 aliphatic rings. The number of anilines is 1. The summed E-state index contributed by atoms with van der Waals surface area (Å²) in [4.78, 5) is 5.57. The van der Waals surface area contributed by atoms with Crippen molar-refractivity contribution in [1.82, 2.24) is 4.98 Å². The molecule has 1 aliphatic carbocycles. The zero-order valence-electron chi connectivity index (χ0n) is 9.48. The van der Waals surface area contributed by atoms with E-state index in [1.54, 1.807) is 11.3 Å². The number of nitriles is 1. The van der Waals surface area contributed by atoms with Crippen LogP contribution in [-0.2, 0) is 6.42 Å². The van der Waals surface area contributed by atoms with E-state index in [-0.39, 0.29) is 5.92 Å². The van der Waals surface area contributed by atoms with Crippen LogP contribution in [0.2, 0.25) is 0 Å². The van der Waals surface area contributed by atoms with Gasteiger partial charge in [-0.3, -0.25) is 0 Å². The Balaban J connectivity index is 2.12. The highest BCUT2D eigenvalue weighted by Crippen LogP contribution is 2.43. The van der Waals surface area contributed by atoms with Crippen molar-refractivity contribution in [3.63, 3.8) is 0 Å². The van der Waals surface area contributed by atoms with Gasteiger partial charge in [-0.2, -0.15) is 5.26 Å². The molecule has 1 aromatic heterocycles. The van der Waals surface area contributed by atoms with Crippen LogP contribution < -0.4 is 5.73 Å². The molecule has 5 heteroatoms. The number of aromatic nitrogens is 1. The van der Waals surface area contributed by atoms with Crippen LogP contribution in [0.15, 0.2) is 22.7 Å². The van der Waals surface area contributed by atoms with Gasteiger partial charge in [0.25, 0.3) is 0 Å². The van der Waals surface area contributed by atoms with Crippen LogP contribution in [-0.4, -0.2) is 4.98 Å². The van der Waals surface area contributed by atoms with E-state index in [0.717, 1.165) is 34.1 Å². The van der Waals surface area contributed by atoms with Gasteiger partial charge in [0.2, 0.25) is 0 Å². The number of fused-ring (bicyclic) bond motifs is 1. The van der Waals surface area contributed by atoms with Crippen LogP contribution in [0, 0.1) is 11.3 Å². The molecule has 0 fully saturated rings. The maximum Gasteiger partial charge on any atom is 0.180 e. The van der Waals surface area contributed by atoms with Crippen molar-refractivity contribution in [2.24, 2.45) is 0 Å². The molecule has 3 nitrogen and oxygen atoms in total. The number of nitrogens with two attached hydrogens (primary N) is 1. The van der Waals surface area contributed by atoms with Crippen molar-refractivity contribution >= 4 is 32.4 Å². The van der Waals surface area contributed by atoms with Crippen molar-refractivity contribution in [2.75, 3.05) is 5.73 Å². The lowest BCUT2D eigenvalue weighted by atomic mass is 9.94. The lowest BCUT2D eigenvalue weighted by Crippen LogP contribution is -1.98. The highest BCUT2D eigenvalue weighted by molar-refractivity contribution is 9.10. The van der Waals surface area contributed by atoms with E-state index in [1.807, 2.05) is 18.2 Å². The predicted molar refractivity (Wildman–Crippen MR) is 75.5 cm³/mol. The maximum atomic E-state index is 9.22. The molecule has 2 aromatic rings. The molecular weight excluding hydrogens is 310 g/mol. The standard InChI is InChI=1S/C13H10BrN3S/c14-8-2-1-7(6-15)10(5-8)9-3-4-11-12(9)18-13(16)17-11/h1-2,5,9H,3-4H2,(H2,16,17). The van der Waals surface area contributed by atoms with Gasteiger partial charge in [0.1, 0.15) is 0 Å². The Kier molecular flexibility index (Phi) is 2.84. The Morgan fingerprint density at radius 2 is 2.33 bits per heavy atom. The number of thiazole rings is 1. The lowest BCUT2D eigenvalue weighted by molar-refractivity contribution is 0.788. The second-order valence-electron chi connectivity index (χ2n) is 4.30. The second kappa shape index (κ2) is 4.38. The molecule has 0 saturated heterocycles. The van der Waals surface area contributed by atoms with Crippen molar-refractivity contribution in [3.05, 3.63) is 44.4 Å². The van der Waals surface area contributed by atoms with Crippen LogP contribution in [0.1, 0.15) is 34.0 Å². The Bertz CT molecular complexity index is 657. The number of hydrogen-bond donors (Lipinski definition) is 1. The van der Waals surface area contributed by atoms with Crippen LogP contribution in [0.3, 0.4) is 0 Å². The summed E-state index contributed by atoms with van der Waals surface area (Å²) >= 11 is 5.02. The largest absolute Gasteiger partial charge is 0.375 e. The van der Waals surface area contributed by atoms with Crippen molar-refractivity contribution in [2.45, 2.75) is 18.8 Å². The van der Waals surface area contributed by atoms with E-state index in [2.05, 4.69) is 27.0 Å².